The highest BCUT2D eigenvalue weighted by Crippen LogP contribution is 2.50. The zero-order valence-electron chi connectivity index (χ0n) is 22.0. The molecule has 2 heterocycles. The number of thiophene rings is 1. The van der Waals surface area contributed by atoms with E-state index in [1.807, 2.05) is 24.4 Å². The van der Waals surface area contributed by atoms with Gasteiger partial charge in [0.1, 0.15) is 5.92 Å². The van der Waals surface area contributed by atoms with E-state index in [2.05, 4.69) is 5.32 Å². The largest absolute Gasteiger partial charge is 0.504 e. The predicted octanol–water partition coefficient (Wildman–Crippen LogP) is 4.96. The molecule has 0 spiro atoms. The van der Waals surface area contributed by atoms with Crippen molar-refractivity contribution in [1.29, 1.82) is 0 Å². The summed E-state index contributed by atoms with van der Waals surface area (Å²) >= 11 is 1.50. The summed E-state index contributed by atoms with van der Waals surface area (Å²) in [5.41, 5.74) is 2.62. The maximum atomic E-state index is 14.3. The number of phenols is 1. The topological polar surface area (TPSA) is 111 Å². The average Bonchev–Trinajstić information content (AvgIpc) is 3.43. The second kappa shape index (κ2) is 11.9. The van der Waals surface area contributed by atoms with Crippen LogP contribution in [0.3, 0.4) is 0 Å². The first kappa shape index (κ1) is 27.4. The normalized spacial score (nSPS) is 21.1. The summed E-state index contributed by atoms with van der Waals surface area (Å²) in [5.74, 6) is -3.60. The number of esters is 2. The minimum atomic E-state index is -1.05. The molecule has 0 radical (unpaired) electrons. The van der Waals surface area contributed by atoms with Crippen LogP contribution in [-0.4, -0.2) is 43.2 Å². The molecule has 1 aromatic carbocycles. The summed E-state index contributed by atoms with van der Waals surface area (Å²) in [5, 5.41) is 15.6. The molecule has 9 heteroatoms. The second-order valence-corrected chi connectivity index (χ2v) is 10.1. The van der Waals surface area contributed by atoms with Gasteiger partial charge < -0.3 is 24.6 Å². The van der Waals surface area contributed by atoms with Crippen molar-refractivity contribution in [3.8, 4) is 11.5 Å². The van der Waals surface area contributed by atoms with Gasteiger partial charge in [0.2, 0.25) is 0 Å². The van der Waals surface area contributed by atoms with Gasteiger partial charge >= 0.3 is 11.9 Å². The van der Waals surface area contributed by atoms with E-state index < -0.39 is 29.7 Å². The molecule has 4 rings (SSSR count). The lowest BCUT2D eigenvalue weighted by Crippen LogP contribution is -2.43. The van der Waals surface area contributed by atoms with Crippen molar-refractivity contribution < 1.29 is 33.7 Å². The zero-order chi connectivity index (χ0) is 27.4. The number of Topliss-reactive ketones (excluding diaryl/α,β-unsaturated/α-hetero) is 1. The number of hydrogen-bond donors (Lipinski definition) is 2. The quantitative estimate of drug-likeness (QED) is 0.340. The first-order chi connectivity index (χ1) is 18.4. The maximum absolute atomic E-state index is 14.3. The SMILES string of the molecule is CCCC1=C(C(=O)OCC)C(c2ccc(O)c(OC)c2)C2=C(CC(c3cccs3)C(C(=O)OCC)C2=O)N1. The van der Waals surface area contributed by atoms with Gasteiger partial charge in [0, 0.05) is 33.7 Å². The fourth-order valence-electron chi connectivity index (χ4n) is 5.32. The lowest BCUT2D eigenvalue weighted by atomic mass is 9.68. The van der Waals surface area contributed by atoms with Crippen LogP contribution < -0.4 is 10.1 Å². The van der Waals surface area contributed by atoms with E-state index in [1.54, 1.807) is 26.0 Å². The van der Waals surface area contributed by atoms with E-state index in [0.717, 1.165) is 11.3 Å². The van der Waals surface area contributed by atoms with E-state index >= 15 is 0 Å². The number of dihydropyridines is 1. The van der Waals surface area contributed by atoms with Crippen molar-refractivity contribution in [3.05, 3.63) is 68.7 Å². The number of ether oxygens (including phenoxy) is 3. The predicted molar refractivity (Wildman–Crippen MR) is 143 cm³/mol. The summed E-state index contributed by atoms with van der Waals surface area (Å²) in [6, 6.07) is 8.59. The van der Waals surface area contributed by atoms with Crippen LogP contribution in [0.1, 0.15) is 62.3 Å². The minimum absolute atomic E-state index is 0.0630. The molecule has 8 nitrogen and oxygen atoms in total. The molecule has 2 aromatic rings. The first-order valence-corrected chi connectivity index (χ1v) is 13.7. The van der Waals surface area contributed by atoms with Gasteiger partial charge in [-0.25, -0.2) is 4.79 Å². The van der Waals surface area contributed by atoms with Crippen molar-refractivity contribution >= 4 is 29.1 Å². The summed E-state index contributed by atoms with van der Waals surface area (Å²) in [4.78, 5) is 41.9. The number of aromatic hydroxyl groups is 1. The molecule has 0 amide bonds. The molecule has 2 N–H and O–H groups in total. The van der Waals surface area contributed by atoms with Crippen molar-refractivity contribution in [2.75, 3.05) is 20.3 Å². The monoisotopic (exact) mass is 539 g/mol. The number of ketones is 1. The fraction of sp³-hybridized carbons (Fsp3) is 0.414. The van der Waals surface area contributed by atoms with Gasteiger partial charge in [-0.15, -0.1) is 11.3 Å². The van der Waals surface area contributed by atoms with Gasteiger partial charge in [-0.2, -0.15) is 0 Å². The Morgan fingerprint density at radius 3 is 2.53 bits per heavy atom. The molecule has 38 heavy (non-hydrogen) atoms. The second-order valence-electron chi connectivity index (χ2n) is 9.16. The summed E-state index contributed by atoms with van der Waals surface area (Å²) < 4.78 is 16.2. The Labute approximate surface area is 226 Å². The van der Waals surface area contributed by atoms with Crippen LogP contribution in [0.4, 0.5) is 0 Å². The van der Waals surface area contributed by atoms with Crippen molar-refractivity contribution in [2.24, 2.45) is 5.92 Å². The molecule has 1 aliphatic carbocycles. The summed E-state index contributed by atoms with van der Waals surface area (Å²) in [6.45, 7) is 5.77. The van der Waals surface area contributed by atoms with E-state index in [9.17, 15) is 19.5 Å². The van der Waals surface area contributed by atoms with Crippen LogP contribution in [0.2, 0.25) is 0 Å². The number of methoxy groups -OCH3 is 1. The van der Waals surface area contributed by atoms with Crippen LogP contribution in [0.15, 0.2) is 58.3 Å². The van der Waals surface area contributed by atoms with Crippen molar-refractivity contribution in [3.63, 3.8) is 0 Å². The van der Waals surface area contributed by atoms with Gasteiger partial charge in [0.25, 0.3) is 0 Å². The number of carbonyl (C=O) groups excluding carboxylic acids is 3. The average molecular weight is 540 g/mol. The van der Waals surface area contributed by atoms with Crippen LogP contribution in [0, 0.1) is 5.92 Å². The van der Waals surface area contributed by atoms with Crippen molar-refractivity contribution in [2.45, 2.75) is 51.9 Å². The lowest BCUT2D eigenvalue weighted by molar-refractivity contribution is -0.152. The Kier molecular flexibility index (Phi) is 8.56. The molecule has 0 saturated carbocycles. The zero-order valence-corrected chi connectivity index (χ0v) is 22.9. The van der Waals surface area contributed by atoms with Gasteiger partial charge in [0.15, 0.2) is 17.3 Å². The Morgan fingerprint density at radius 1 is 1.13 bits per heavy atom. The Hall–Kier alpha value is -3.59. The standard InChI is InChI=1S/C29H33NO7S/c1-5-9-18-26(29(34)37-7-3)23(16-11-12-20(31)21(14-16)35-4)25-19(30-18)15-17(22-10-8-13-38-22)24(27(25)32)28(33)36-6-2/h8,10-14,17,23-24,30-31H,5-7,9,15H2,1-4H3. The lowest BCUT2D eigenvalue weighted by Gasteiger charge is -2.39. The van der Waals surface area contributed by atoms with Crippen LogP contribution >= 0.6 is 11.3 Å². The molecular formula is C29H33NO7S. The molecule has 0 saturated heterocycles. The van der Waals surface area contributed by atoms with Crippen LogP contribution in [0.25, 0.3) is 0 Å². The Bertz CT molecular complexity index is 1280. The fourth-order valence-corrected chi connectivity index (χ4v) is 6.19. The molecular weight excluding hydrogens is 506 g/mol. The van der Waals surface area contributed by atoms with E-state index in [1.165, 1.54) is 24.5 Å². The maximum Gasteiger partial charge on any atom is 0.336 e. The van der Waals surface area contributed by atoms with Crippen molar-refractivity contribution in [1.82, 2.24) is 5.32 Å². The number of allylic oxidation sites excluding steroid dienone is 3. The number of hydrogen-bond acceptors (Lipinski definition) is 9. The number of phenolic OH excluding ortho intramolecular Hbond substituents is 1. The van der Waals surface area contributed by atoms with E-state index in [0.29, 0.717) is 40.9 Å². The molecule has 3 atom stereocenters. The van der Waals surface area contributed by atoms with Gasteiger partial charge in [-0.3, -0.25) is 9.59 Å². The highest BCUT2D eigenvalue weighted by Gasteiger charge is 2.49. The van der Waals surface area contributed by atoms with Crippen LogP contribution in [-0.2, 0) is 23.9 Å². The summed E-state index contributed by atoms with van der Waals surface area (Å²) in [7, 11) is 1.44. The Morgan fingerprint density at radius 2 is 1.89 bits per heavy atom. The number of carbonyl (C=O) groups is 3. The molecule has 202 valence electrons. The van der Waals surface area contributed by atoms with E-state index in [-0.39, 0.29) is 30.5 Å². The van der Waals surface area contributed by atoms with Gasteiger partial charge in [-0.05, 0) is 55.8 Å². The minimum Gasteiger partial charge on any atom is -0.504 e. The summed E-state index contributed by atoms with van der Waals surface area (Å²) in [6.07, 6.45) is 1.73. The molecule has 0 bridgehead atoms. The molecule has 1 aliphatic heterocycles. The third-order valence-corrected chi connectivity index (χ3v) is 7.89. The highest BCUT2D eigenvalue weighted by molar-refractivity contribution is 7.10. The van der Waals surface area contributed by atoms with E-state index in [4.69, 9.17) is 14.2 Å². The highest BCUT2D eigenvalue weighted by atomic mass is 32.1. The molecule has 3 unspecified atom stereocenters. The number of rotatable bonds is 9. The van der Waals surface area contributed by atoms with Gasteiger partial charge in [-0.1, -0.05) is 25.5 Å². The molecule has 0 fully saturated rings. The number of nitrogens with one attached hydrogen (secondary N) is 1. The Balaban J connectivity index is 1.95. The third-order valence-electron chi connectivity index (χ3n) is 6.89. The first-order valence-electron chi connectivity index (χ1n) is 12.9. The smallest absolute Gasteiger partial charge is 0.336 e. The van der Waals surface area contributed by atoms with Gasteiger partial charge in [0.05, 0.1) is 25.9 Å². The molecule has 1 aromatic heterocycles. The van der Waals surface area contributed by atoms with Crippen LogP contribution in [0.5, 0.6) is 11.5 Å². The third kappa shape index (κ3) is 5.07. The number of benzene rings is 1. The molecule has 2 aliphatic rings.